The number of nitrogens with zero attached hydrogens (tertiary/aromatic N) is 2. The van der Waals surface area contributed by atoms with Crippen molar-refractivity contribution < 1.29 is 24.6 Å². The number of benzene rings is 1. The average molecular weight is 451 g/mol. The second kappa shape index (κ2) is 7.90. The largest absolute Gasteiger partial charge is 0.481 e. The van der Waals surface area contributed by atoms with Gasteiger partial charge in [-0.3, -0.25) is 14.4 Å². The summed E-state index contributed by atoms with van der Waals surface area (Å²) in [5.74, 6) is -3.27. The number of aliphatic hydroxyl groups excluding tert-OH is 1. The molecular weight excluding hydrogens is 428 g/mol. The Morgan fingerprint density at radius 1 is 1.40 bits per heavy atom. The molecule has 2 N–H and O–H groups in total. The van der Waals surface area contributed by atoms with Gasteiger partial charge in [-0.2, -0.15) is 0 Å². The molecule has 2 unspecified atom stereocenters. The van der Waals surface area contributed by atoms with Gasteiger partial charge in [0.15, 0.2) is 0 Å². The highest BCUT2D eigenvalue weighted by Gasteiger charge is 2.74. The molecular formula is C21H23ClN2O5S. The van der Waals surface area contributed by atoms with Gasteiger partial charge in [-0.25, -0.2) is 0 Å². The fourth-order valence-electron chi connectivity index (χ4n) is 5.32. The van der Waals surface area contributed by atoms with E-state index in [1.807, 2.05) is 0 Å². The molecule has 3 heterocycles. The van der Waals surface area contributed by atoms with Gasteiger partial charge in [0.2, 0.25) is 5.91 Å². The van der Waals surface area contributed by atoms with Gasteiger partial charge < -0.3 is 20.0 Å². The Balaban J connectivity index is 1.79. The van der Waals surface area contributed by atoms with E-state index < -0.39 is 28.6 Å². The minimum absolute atomic E-state index is 0.0183. The summed E-state index contributed by atoms with van der Waals surface area (Å²) in [5, 5.41) is 19.6. The number of anilines is 1. The first kappa shape index (κ1) is 21.2. The Kier molecular flexibility index (Phi) is 5.59. The summed E-state index contributed by atoms with van der Waals surface area (Å²) in [6, 6.07) is 6.08. The zero-order valence-corrected chi connectivity index (χ0v) is 17.8. The molecule has 9 heteroatoms. The molecule has 0 aliphatic carbocycles. The molecule has 1 aromatic rings. The van der Waals surface area contributed by atoms with Crippen LogP contribution in [0.2, 0.25) is 5.02 Å². The van der Waals surface area contributed by atoms with Crippen molar-refractivity contribution in [1.29, 1.82) is 0 Å². The van der Waals surface area contributed by atoms with Crippen LogP contribution in [0, 0.1) is 11.8 Å². The maximum atomic E-state index is 13.9. The van der Waals surface area contributed by atoms with Crippen LogP contribution in [0.3, 0.4) is 0 Å². The van der Waals surface area contributed by atoms with E-state index >= 15 is 0 Å². The third-order valence-corrected chi connectivity index (χ3v) is 8.65. The molecule has 3 aliphatic rings. The number of carbonyl (C=O) groups is 3. The number of likely N-dealkylation sites (tertiary alicyclic amines) is 1. The highest BCUT2D eigenvalue weighted by molar-refractivity contribution is 8.02. The van der Waals surface area contributed by atoms with Crippen molar-refractivity contribution in [2.24, 2.45) is 11.8 Å². The van der Waals surface area contributed by atoms with Gasteiger partial charge in [-0.1, -0.05) is 29.8 Å². The first-order chi connectivity index (χ1) is 14.4. The van der Waals surface area contributed by atoms with E-state index in [9.17, 15) is 24.6 Å². The van der Waals surface area contributed by atoms with Gasteiger partial charge in [0, 0.05) is 18.3 Å². The van der Waals surface area contributed by atoms with Gasteiger partial charge in [0.05, 0.1) is 33.9 Å². The van der Waals surface area contributed by atoms with Crippen LogP contribution in [0.4, 0.5) is 5.69 Å². The van der Waals surface area contributed by atoms with E-state index in [0.717, 1.165) is 0 Å². The summed E-state index contributed by atoms with van der Waals surface area (Å²) in [4.78, 5) is 42.0. The summed E-state index contributed by atoms with van der Waals surface area (Å²) < 4.78 is -0.808. The van der Waals surface area contributed by atoms with Gasteiger partial charge in [-0.05, 0) is 25.0 Å². The molecule has 160 valence electrons. The number of hydrogen-bond donors (Lipinski definition) is 2. The zero-order chi connectivity index (χ0) is 21.6. The maximum absolute atomic E-state index is 13.9. The summed E-state index contributed by atoms with van der Waals surface area (Å²) in [6.45, 7) is 3.61. The Bertz CT molecular complexity index is 911. The number of amides is 2. The quantitative estimate of drug-likeness (QED) is 0.617. The van der Waals surface area contributed by atoms with Crippen LogP contribution in [-0.2, 0) is 14.4 Å². The van der Waals surface area contributed by atoms with Crippen LogP contribution in [-0.4, -0.2) is 68.6 Å². The van der Waals surface area contributed by atoms with Gasteiger partial charge in [0.25, 0.3) is 5.91 Å². The predicted molar refractivity (Wildman–Crippen MR) is 115 cm³/mol. The lowest BCUT2D eigenvalue weighted by atomic mass is 9.71. The highest BCUT2D eigenvalue weighted by Crippen LogP contribution is 2.66. The highest BCUT2D eigenvalue weighted by atomic mass is 35.5. The Hall–Kier alpha value is -2.03. The number of fused-ring (bicyclic) bond motifs is 1. The SMILES string of the molecule is C=CCN(C(=O)C1N(CCO)C(=O)[C@@H]2[C@H](C(=O)O)[C@@H]3CCC12S3)c1ccccc1Cl. The molecule has 3 fully saturated rings. The summed E-state index contributed by atoms with van der Waals surface area (Å²) >= 11 is 7.81. The van der Waals surface area contributed by atoms with E-state index in [0.29, 0.717) is 23.6 Å². The number of para-hydroxylation sites is 1. The average Bonchev–Trinajstić information content (AvgIpc) is 3.35. The zero-order valence-electron chi connectivity index (χ0n) is 16.2. The molecule has 5 atom stereocenters. The minimum Gasteiger partial charge on any atom is -0.481 e. The number of rotatable bonds is 7. The van der Waals surface area contributed by atoms with Crippen molar-refractivity contribution in [2.75, 3.05) is 24.6 Å². The normalized spacial score (nSPS) is 31.7. The molecule has 1 spiro atoms. The van der Waals surface area contributed by atoms with Crippen LogP contribution in [0.1, 0.15) is 12.8 Å². The lowest BCUT2D eigenvalue weighted by molar-refractivity contribution is -0.148. The molecule has 3 saturated heterocycles. The molecule has 4 rings (SSSR count). The third-order valence-electron chi connectivity index (χ3n) is 6.38. The van der Waals surface area contributed by atoms with E-state index in [1.54, 1.807) is 30.3 Å². The molecule has 0 aromatic heterocycles. The lowest BCUT2D eigenvalue weighted by Crippen LogP contribution is -2.55. The third kappa shape index (κ3) is 2.96. The number of thioether (sulfide) groups is 1. The summed E-state index contributed by atoms with van der Waals surface area (Å²) in [7, 11) is 0. The number of β-amino-alcohol motifs (C(OH)–C–C–N with tert-alkyl or cyclic N) is 1. The van der Waals surface area contributed by atoms with E-state index in [1.165, 1.54) is 21.6 Å². The van der Waals surface area contributed by atoms with Crippen LogP contribution >= 0.6 is 23.4 Å². The first-order valence-electron chi connectivity index (χ1n) is 9.86. The van der Waals surface area contributed by atoms with E-state index in [2.05, 4.69) is 6.58 Å². The minimum atomic E-state index is -1.00. The standard InChI is InChI=1S/C21H23ClN2O5S/c1-2-9-23(13-6-4-3-5-12(13)22)19(27)17-21-8-7-14(30-21)15(20(28)29)16(21)18(26)24(17)10-11-25/h2-6,14-17,25H,1,7-11H2,(H,28,29)/t14-,15+,16-,17?,21?/m0/s1. The fraction of sp³-hybridized carbons (Fsp3) is 0.476. The number of hydrogen-bond acceptors (Lipinski definition) is 5. The molecule has 30 heavy (non-hydrogen) atoms. The topological polar surface area (TPSA) is 98.2 Å². The molecule has 1 aromatic carbocycles. The smallest absolute Gasteiger partial charge is 0.308 e. The van der Waals surface area contributed by atoms with Crippen molar-refractivity contribution in [3.8, 4) is 0 Å². The van der Waals surface area contributed by atoms with Crippen molar-refractivity contribution in [2.45, 2.75) is 28.9 Å². The number of carboxylic acids is 1. The Morgan fingerprint density at radius 3 is 2.77 bits per heavy atom. The molecule has 2 bridgehead atoms. The first-order valence-corrected chi connectivity index (χ1v) is 11.1. The van der Waals surface area contributed by atoms with Crippen molar-refractivity contribution in [3.05, 3.63) is 41.9 Å². The van der Waals surface area contributed by atoms with Crippen molar-refractivity contribution >= 4 is 46.8 Å². The predicted octanol–water partition coefficient (Wildman–Crippen LogP) is 2.03. The second-order valence-corrected chi connectivity index (χ2v) is 9.85. The number of aliphatic carboxylic acids is 1. The van der Waals surface area contributed by atoms with Crippen LogP contribution < -0.4 is 4.90 Å². The van der Waals surface area contributed by atoms with Gasteiger partial charge in [-0.15, -0.1) is 18.3 Å². The fourth-order valence-corrected chi connectivity index (χ4v) is 7.76. The molecule has 2 amide bonds. The van der Waals surface area contributed by atoms with Crippen LogP contribution in [0.5, 0.6) is 0 Å². The van der Waals surface area contributed by atoms with Gasteiger partial charge >= 0.3 is 5.97 Å². The number of aliphatic hydroxyl groups is 1. The number of halogens is 1. The van der Waals surface area contributed by atoms with Crippen molar-refractivity contribution in [3.63, 3.8) is 0 Å². The number of carboxylic acid groups (broad SMARTS) is 1. The van der Waals surface area contributed by atoms with Gasteiger partial charge in [0.1, 0.15) is 6.04 Å². The molecule has 7 nitrogen and oxygen atoms in total. The van der Waals surface area contributed by atoms with Crippen molar-refractivity contribution in [1.82, 2.24) is 4.90 Å². The Morgan fingerprint density at radius 2 is 2.13 bits per heavy atom. The van der Waals surface area contributed by atoms with Crippen LogP contribution in [0.25, 0.3) is 0 Å². The summed E-state index contributed by atoms with van der Waals surface area (Å²) in [5.41, 5.74) is 0.507. The maximum Gasteiger partial charge on any atom is 0.308 e. The van der Waals surface area contributed by atoms with E-state index in [4.69, 9.17) is 11.6 Å². The number of carbonyl (C=O) groups excluding carboxylic acids is 2. The molecule has 0 radical (unpaired) electrons. The van der Waals surface area contributed by atoms with E-state index in [-0.39, 0.29) is 36.8 Å². The lowest BCUT2D eigenvalue weighted by Gasteiger charge is -2.37. The molecule has 0 saturated carbocycles. The van der Waals surface area contributed by atoms with Crippen LogP contribution in [0.15, 0.2) is 36.9 Å². The Labute approximate surface area is 183 Å². The summed E-state index contributed by atoms with van der Waals surface area (Å²) in [6.07, 6.45) is 2.82. The molecule has 3 aliphatic heterocycles. The monoisotopic (exact) mass is 450 g/mol. The second-order valence-electron chi connectivity index (χ2n) is 7.84.